The number of rotatable bonds is 7. The van der Waals surface area contributed by atoms with Gasteiger partial charge in [0.05, 0.1) is 19.8 Å². The normalized spacial score (nSPS) is 17.7. The van der Waals surface area contributed by atoms with Gasteiger partial charge in [-0.1, -0.05) is 26.0 Å². The van der Waals surface area contributed by atoms with Gasteiger partial charge in [-0.3, -0.25) is 0 Å². The van der Waals surface area contributed by atoms with E-state index in [0.29, 0.717) is 25.0 Å². The zero-order valence-corrected chi connectivity index (χ0v) is 17.2. The Bertz CT molecular complexity index is 529. The summed E-state index contributed by atoms with van der Waals surface area (Å²) >= 11 is 0. The second kappa shape index (κ2) is 10.8. The summed E-state index contributed by atoms with van der Waals surface area (Å²) in [6.45, 7) is 9.25. The molecule has 1 aromatic carbocycles. The first-order chi connectivity index (χ1) is 11.0. The van der Waals surface area contributed by atoms with Gasteiger partial charge in [0.1, 0.15) is 11.9 Å². The van der Waals surface area contributed by atoms with Crippen LogP contribution in [-0.4, -0.2) is 31.8 Å². The molecule has 1 unspecified atom stereocenters. The Kier molecular flexibility index (Phi) is 9.43. The Balaban J connectivity index is 0.00000288. The first-order valence-corrected chi connectivity index (χ1v) is 8.42. The van der Waals surface area contributed by atoms with Crippen LogP contribution in [0.15, 0.2) is 23.2 Å². The number of nitrogens with zero attached hydrogens (tertiary/aromatic N) is 1. The third-order valence-electron chi connectivity index (χ3n) is 3.85. The number of aryl methyl sites for hydroxylation is 1. The monoisotopic (exact) mass is 447 g/mol. The maximum atomic E-state index is 6.08. The van der Waals surface area contributed by atoms with E-state index < -0.39 is 0 Å². The van der Waals surface area contributed by atoms with Gasteiger partial charge in [-0.2, -0.15) is 0 Å². The first-order valence-electron chi connectivity index (χ1n) is 8.42. The average molecular weight is 447 g/mol. The van der Waals surface area contributed by atoms with Crippen molar-refractivity contribution < 1.29 is 9.47 Å². The highest BCUT2D eigenvalue weighted by atomic mass is 127. The zero-order valence-electron chi connectivity index (χ0n) is 14.9. The van der Waals surface area contributed by atoms with E-state index in [1.54, 1.807) is 0 Å². The fourth-order valence-electron chi connectivity index (χ4n) is 2.40. The van der Waals surface area contributed by atoms with E-state index >= 15 is 0 Å². The summed E-state index contributed by atoms with van der Waals surface area (Å²) < 4.78 is 11.5. The van der Waals surface area contributed by atoms with Crippen molar-refractivity contribution in [3.05, 3.63) is 29.3 Å². The SMILES string of the molecule is Cc1ccc(CN=C(N)NCCC(C)C)c(OC2CCOC2)c1.I. The van der Waals surface area contributed by atoms with Crippen molar-refractivity contribution in [2.45, 2.75) is 46.3 Å². The van der Waals surface area contributed by atoms with Crippen molar-refractivity contribution in [2.24, 2.45) is 16.6 Å². The topological polar surface area (TPSA) is 68.9 Å². The van der Waals surface area contributed by atoms with Gasteiger partial charge >= 0.3 is 0 Å². The molecular weight excluding hydrogens is 417 g/mol. The van der Waals surface area contributed by atoms with Crippen LogP contribution < -0.4 is 15.8 Å². The number of hydrogen-bond donors (Lipinski definition) is 2. The van der Waals surface area contributed by atoms with Crippen LogP contribution in [0, 0.1) is 12.8 Å². The molecular formula is C18H30IN3O2. The van der Waals surface area contributed by atoms with Crippen molar-refractivity contribution in [3.8, 4) is 5.75 Å². The number of nitrogens with two attached hydrogens (primary N) is 1. The molecule has 1 saturated heterocycles. The molecule has 1 atom stereocenters. The summed E-state index contributed by atoms with van der Waals surface area (Å²) in [7, 11) is 0. The van der Waals surface area contributed by atoms with Crippen LogP contribution in [0.4, 0.5) is 0 Å². The van der Waals surface area contributed by atoms with Crippen LogP contribution in [0.5, 0.6) is 5.75 Å². The zero-order chi connectivity index (χ0) is 16.7. The molecule has 5 nitrogen and oxygen atoms in total. The first kappa shape index (κ1) is 21.0. The summed E-state index contributed by atoms with van der Waals surface area (Å²) in [5.74, 6) is 2.03. The number of hydrogen-bond acceptors (Lipinski definition) is 3. The molecule has 1 fully saturated rings. The molecule has 0 spiro atoms. The Morgan fingerprint density at radius 3 is 2.92 bits per heavy atom. The fraction of sp³-hybridized carbons (Fsp3) is 0.611. The second-order valence-corrected chi connectivity index (χ2v) is 6.53. The van der Waals surface area contributed by atoms with Crippen LogP contribution in [0.2, 0.25) is 0 Å². The lowest BCUT2D eigenvalue weighted by Gasteiger charge is -2.16. The molecule has 0 aliphatic carbocycles. The number of guanidine groups is 1. The Morgan fingerprint density at radius 2 is 2.25 bits per heavy atom. The van der Waals surface area contributed by atoms with E-state index in [-0.39, 0.29) is 30.1 Å². The summed E-state index contributed by atoms with van der Waals surface area (Å²) in [5.41, 5.74) is 8.16. The number of ether oxygens (including phenoxy) is 2. The lowest BCUT2D eigenvalue weighted by atomic mass is 10.1. The van der Waals surface area contributed by atoms with Crippen molar-refractivity contribution >= 4 is 29.9 Å². The van der Waals surface area contributed by atoms with Gasteiger partial charge in [0.15, 0.2) is 5.96 Å². The number of benzene rings is 1. The Morgan fingerprint density at radius 1 is 1.46 bits per heavy atom. The summed E-state index contributed by atoms with van der Waals surface area (Å²) in [5, 5.41) is 3.16. The minimum atomic E-state index is 0. The molecule has 0 radical (unpaired) electrons. The predicted molar refractivity (Wildman–Crippen MR) is 109 cm³/mol. The summed E-state index contributed by atoms with van der Waals surface area (Å²) in [6.07, 6.45) is 2.16. The van der Waals surface area contributed by atoms with Crippen LogP contribution in [0.25, 0.3) is 0 Å². The molecule has 0 saturated carbocycles. The van der Waals surface area contributed by atoms with E-state index in [2.05, 4.69) is 49.3 Å². The number of nitrogens with one attached hydrogen (secondary N) is 1. The predicted octanol–water partition coefficient (Wildman–Crippen LogP) is 3.23. The molecule has 1 aromatic rings. The van der Waals surface area contributed by atoms with Gasteiger partial charge in [0.2, 0.25) is 0 Å². The molecule has 1 aliphatic heterocycles. The highest BCUT2D eigenvalue weighted by Crippen LogP contribution is 2.24. The van der Waals surface area contributed by atoms with Gasteiger partial charge in [0, 0.05) is 18.5 Å². The largest absolute Gasteiger partial charge is 0.488 e. The van der Waals surface area contributed by atoms with Crippen LogP contribution in [0.1, 0.15) is 37.8 Å². The lowest BCUT2D eigenvalue weighted by Crippen LogP contribution is -2.32. The highest BCUT2D eigenvalue weighted by Gasteiger charge is 2.18. The molecule has 136 valence electrons. The van der Waals surface area contributed by atoms with Crippen molar-refractivity contribution in [1.82, 2.24) is 5.32 Å². The third-order valence-corrected chi connectivity index (χ3v) is 3.85. The average Bonchev–Trinajstić information content (AvgIpc) is 2.99. The molecule has 1 heterocycles. The van der Waals surface area contributed by atoms with E-state index in [1.807, 2.05) is 0 Å². The molecule has 1 aliphatic rings. The van der Waals surface area contributed by atoms with Crippen LogP contribution >= 0.6 is 24.0 Å². The number of aliphatic imine (C=N–C) groups is 1. The molecule has 0 aromatic heterocycles. The smallest absolute Gasteiger partial charge is 0.188 e. The van der Waals surface area contributed by atoms with Gasteiger partial charge in [0.25, 0.3) is 0 Å². The van der Waals surface area contributed by atoms with Gasteiger partial charge in [-0.05, 0) is 30.9 Å². The van der Waals surface area contributed by atoms with E-state index in [9.17, 15) is 0 Å². The molecule has 0 amide bonds. The Labute approximate surface area is 162 Å². The number of halogens is 1. The van der Waals surface area contributed by atoms with Gasteiger partial charge in [-0.25, -0.2) is 4.99 Å². The van der Waals surface area contributed by atoms with Crippen molar-refractivity contribution in [2.75, 3.05) is 19.8 Å². The molecule has 24 heavy (non-hydrogen) atoms. The molecule has 6 heteroatoms. The highest BCUT2D eigenvalue weighted by molar-refractivity contribution is 14.0. The fourth-order valence-corrected chi connectivity index (χ4v) is 2.40. The van der Waals surface area contributed by atoms with Crippen LogP contribution in [-0.2, 0) is 11.3 Å². The second-order valence-electron chi connectivity index (χ2n) is 6.53. The quantitative estimate of drug-likeness (QED) is 0.383. The van der Waals surface area contributed by atoms with Gasteiger partial charge in [-0.15, -0.1) is 24.0 Å². The standard InChI is InChI=1S/C18H29N3O2.HI/c1-13(2)6-8-20-18(19)21-11-15-5-4-14(3)10-17(15)23-16-7-9-22-12-16;/h4-5,10,13,16H,6-9,11-12H2,1-3H3,(H3,19,20,21);1H. The minimum Gasteiger partial charge on any atom is -0.488 e. The lowest BCUT2D eigenvalue weighted by molar-refractivity contribution is 0.140. The third kappa shape index (κ3) is 7.25. The van der Waals surface area contributed by atoms with Gasteiger partial charge < -0.3 is 20.5 Å². The minimum absolute atomic E-state index is 0. The summed E-state index contributed by atoms with van der Waals surface area (Å²) in [6, 6.07) is 6.20. The molecule has 2 rings (SSSR count). The maximum Gasteiger partial charge on any atom is 0.188 e. The van der Waals surface area contributed by atoms with E-state index in [1.165, 1.54) is 5.56 Å². The van der Waals surface area contributed by atoms with Crippen molar-refractivity contribution in [3.63, 3.8) is 0 Å². The Hall–Kier alpha value is -1.02. The molecule has 0 bridgehead atoms. The maximum absolute atomic E-state index is 6.08. The van der Waals surface area contributed by atoms with E-state index in [4.69, 9.17) is 15.2 Å². The summed E-state index contributed by atoms with van der Waals surface area (Å²) in [4.78, 5) is 4.43. The van der Waals surface area contributed by atoms with Crippen LogP contribution in [0.3, 0.4) is 0 Å². The van der Waals surface area contributed by atoms with Crippen molar-refractivity contribution in [1.29, 1.82) is 0 Å². The molecule has 3 N–H and O–H groups in total. The van der Waals surface area contributed by atoms with E-state index in [0.717, 1.165) is 37.3 Å².